The third-order valence-electron chi connectivity index (χ3n) is 4.84. The number of pyridine rings is 1. The van der Waals surface area contributed by atoms with Gasteiger partial charge in [-0.1, -0.05) is 0 Å². The van der Waals surface area contributed by atoms with E-state index in [1.165, 1.54) is 10.4 Å². The molecule has 2 aliphatic heterocycles. The highest BCUT2D eigenvalue weighted by Gasteiger charge is 2.46. The van der Waals surface area contributed by atoms with Crippen molar-refractivity contribution in [2.24, 2.45) is 0 Å². The second-order valence-corrected chi connectivity index (χ2v) is 7.61. The zero-order valence-electron chi connectivity index (χ0n) is 13.4. The average molecular weight is 330 g/mol. The van der Waals surface area contributed by atoms with Crippen LogP contribution in [0.5, 0.6) is 5.75 Å². The van der Waals surface area contributed by atoms with Crippen LogP contribution in [-0.4, -0.2) is 41.3 Å². The Balaban J connectivity index is 1.35. The minimum atomic E-state index is -0.0158. The van der Waals surface area contributed by atoms with Crippen molar-refractivity contribution in [1.82, 2.24) is 9.88 Å². The van der Waals surface area contributed by atoms with Crippen LogP contribution in [-0.2, 0) is 11.3 Å². The maximum Gasteiger partial charge on any atom is 0.138 e. The molecule has 0 aliphatic carbocycles. The molecule has 0 saturated carbocycles. The van der Waals surface area contributed by atoms with Crippen molar-refractivity contribution in [3.8, 4) is 5.75 Å². The number of aromatic nitrogens is 1. The summed E-state index contributed by atoms with van der Waals surface area (Å²) in [5.74, 6) is 0.835. The molecule has 0 unspecified atom stereocenters. The van der Waals surface area contributed by atoms with Crippen molar-refractivity contribution < 1.29 is 9.47 Å². The van der Waals surface area contributed by atoms with Gasteiger partial charge in [0.05, 0.1) is 18.4 Å². The van der Waals surface area contributed by atoms with Crippen molar-refractivity contribution in [2.45, 2.75) is 38.0 Å². The van der Waals surface area contributed by atoms with E-state index in [-0.39, 0.29) is 11.7 Å². The number of hydrogen-bond acceptors (Lipinski definition) is 5. The third kappa shape index (κ3) is 3.27. The molecule has 23 heavy (non-hydrogen) atoms. The van der Waals surface area contributed by atoms with Crippen LogP contribution < -0.4 is 4.74 Å². The number of hydrogen-bond donors (Lipinski definition) is 0. The smallest absolute Gasteiger partial charge is 0.138 e. The molecule has 2 fully saturated rings. The van der Waals surface area contributed by atoms with Gasteiger partial charge in [0.15, 0.2) is 0 Å². The normalized spacial score (nSPS) is 27.8. The Morgan fingerprint density at radius 1 is 1.48 bits per heavy atom. The highest BCUT2D eigenvalue weighted by Crippen LogP contribution is 2.37. The summed E-state index contributed by atoms with van der Waals surface area (Å²) in [6, 6.07) is 6.07. The predicted molar refractivity (Wildman–Crippen MR) is 90.9 cm³/mol. The van der Waals surface area contributed by atoms with Crippen molar-refractivity contribution in [1.29, 1.82) is 0 Å². The fraction of sp³-hybridized carbons (Fsp3) is 0.500. The predicted octanol–water partition coefficient (Wildman–Crippen LogP) is 3.26. The van der Waals surface area contributed by atoms with E-state index in [1.807, 2.05) is 23.5 Å². The van der Waals surface area contributed by atoms with Gasteiger partial charge in [0.2, 0.25) is 0 Å². The number of rotatable bonds is 4. The maximum atomic E-state index is 6.18. The van der Waals surface area contributed by atoms with Gasteiger partial charge in [-0.3, -0.25) is 9.88 Å². The Bertz CT molecular complexity index is 660. The molecule has 5 heteroatoms. The van der Waals surface area contributed by atoms with Crippen LogP contribution in [0, 0.1) is 6.92 Å². The molecule has 1 spiro atoms. The number of aryl methyl sites for hydroxylation is 1. The summed E-state index contributed by atoms with van der Waals surface area (Å²) in [7, 11) is 0. The number of ether oxygens (including phenoxy) is 2. The molecule has 2 aromatic rings. The number of thiophene rings is 1. The molecule has 0 bridgehead atoms. The Hall–Kier alpha value is -1.43. The molecule has 122 valence electrons. The summed E-state index contributed by atoms with van der Waals surface area (Å²) in [6.45, 7) is 6.04. The van der Waals surface area contributed by atoms with Crippen LogP contribution in [0.15, 0.2) is 36.0 Å². The molecule has 2 aromatic heterocycles. The van der Waals surface area contributed by atoms with Crippen LogP contribution in [0.4, 0.5) is 0 Å². The summed E-state index contributed by atoms with van der Waals surface area (Å²) in [5.41, 5.74) is 1.39. The van der Waals surface area contributed by atoms with Crippen molar-refractivity contribution >= 4 is 11.3 Å². The lowest BCUT2D eigenvalue weighted by atomic mass is 9.98. The van der Waals surface area contributed by atoms with Crippen LogP contribution in [0.3, 0.4) is 0 Å². The van der Waals surface area contributed by atoms with E-state index in [0.29, 0.717) is 6.61 Å². The zero-order chi connectivity index (χ0) is 15.7. The van der Waals surface area contributed by atoms with E-state index in [4.69, 9.17) is 9.47 Å². The summed E-state index contributed by atoms with van der Waals surface area (Å²) in [4.78, 5) is 8.10. The fourth-order valence-corrected chi connectivity index (χ4v) is 4.55. The van der Waals surface area contributed by atoms with Gasteiger partial charge in [0.25, 0.3) is 0 Å². The SMILES string of the molecule is Cc1ccsc1CN1CC[C@]2(C[C@@H](Oc3cccnc3)CO2)C1. The molecule has 4 heterocycles. The molecular formula is C18H22N2O2S. The van der Waals surface area contributed by atoms with Gasteiger partial charge in [-0.15, -0.1) is 11.3 Å². The minimum Gasteiger partial charge on any atom is -0.486 e. The van der Waals surface area contributed by atoms with Gasteiger partial charge >= 0.3 is 0 Å². The van der Waals surface area contributed by atoms with E-state index in [0.717, 1.165) is 38.2 Å². The van der Waals surface area contributed by atoms with Gasteiger partial charge in [-0.2, -0.15) is 0 Å². The van der Waals surface area contributed by atoms with Gasteiger partial charge in [0, 0.05) is 37.1 Å². The summed E-state index contributed by atoms with van der Waals surface area (Å²) in [5, 5.41) is 2.18. The first-order chi connectivity index (χ1) is 11.2. The molecule has 4 nitrogen and oxygen atoms in total. The quantitative estimate of drug-likeness (QED) is 0.862. The Kier molecular flexibility index (Phi) is 4.09. The maximum absolute atomic E-state index is 6.18. The first kappa shape index (κ1) is 15.1. The molecule has 2 aliphatic rings. The van der Waals surface area contributed by atoms with Gasteiger partial charge in [0.1, 0.15) is 11.9 Å². The monoisotopic (exact) mass is 330 g/mol. The fourth-order valence-electron chi connectivity index (χ4n) is 3.60. The van der Waals surface area contributed by atoms with Crippen LogP contribution in [0.1, 0.15) is 23.3 Å². The molecule has 4 rings (SSSR count). The highest BCUT2D eigenvalue weighted by molar-refractivity contribution is 7.10. The van der Waals surface area contributed by atoms with Crippen molar-refractivity contribution in [3.63, 3.8) is 0 Å². The molecule has 0 aromatic carbocycles. The number of likely N-dealkylation sites (tertiary alicyclic amines) is 1. The number of nitrogens with zero attached hydrogens (tertiary/aromatic N) is 2. The van der Waals surface area contributed by atoms with E-state index >= 15 is 0 Å². The lowest BCUT2D eigenvalue weighted by Crippen LogP contribution is -2.33. The van der Waals surface area contributed by atoms with E-state index < -0.39 is 0 Å². The van der Waals surface area contributed by atoms with Crippen molar-refractivity contribution in [3.05, 3.63) is 46.4 Å². The molecule has 2 saturated heterocycles. The third-order valence-corrected chi connectivity index (χ3v) is 5.85. The lowest BCUT2D eigenvalue weighted by Gasteiger charge is -2.23. The Labute approximate surface area is 141 Å². The molecule has 0 N–H and O–H groups in total. The Morgan fingerprint density at radius 3 is 3.22 bits per heavy atom. The first-order valence-corrected chi connectivity index (χ1v) is 9.06. The molecule has 0 amide bonds. The zero-order valence-corrected chi connectivity index (χ0v) is 14.2. The summed E-state index contributed by atoms with van der Waals surface area (Å²) >= 11 is 1.86. The van der Waals surface area contributed by atoms with E-state index in [9.17, 15) is 0 Å². The van der Waals surface area contributed by atoms with Gasteiger partial charge in [-0.25, -0.2) is 0 Å². The van der Waals surface area contributed by atoms with E-state index in [1.54, 1.807) is 12.4 Å². The second kappa shape index (κ2) is 6.23. The largest absolute Gasteiger partial charge is 0.486 e. The van der Waals surface area contributed by atoms with Crippen LogP contribution in [0.2, 0.25) is 0 Å². The average Bonchev–Trinajstić information content (AvgIpc) is 3.25. The lowest BCUT2D eigenvalue weighted by molar-refractivity contribution is 0.00939. The minimum absolute atomic E-state index is 0.0158. The van der Waals surface area contributed by atoms with E-state index in [2.05, 4.69) is 28.3 Å². The molecular weight excluding hydrogens is 308 g/mol. The molecule has 0 radical (unpaired) electrons. The van der Waals surface area contributed by atoms with Gasteiger partial charge in [-0.05, 0) is 42.5 Å². The van der Waals surface area contributed by atoms with Crippen molar-refractivity contribution in [2.75, 3.05) is 19.7 Å². The summed E-state index contributed by atoms with van der Waals surface area (Å²) < 4.78 is 12.2. The Morgan fingerprint density at radius 2 is 2.43 bits per heavy atom. The highest BCUT2D eigenvalue weighted by atomic mass is 32.1. The second-order valence-electron chi connectivity index (χ2n) is 6.61. The van der Waals surface area contributed by atoms with Crippen LogP contribution >= 0.6 is 11.3 Å². The first-order valence-electron chi connectivity index (χ1n) is 8.18. The standard InChI is InChI=1S/C18H22N2O2S/c1-14-4-8-23-17(14)11-20-7-5-18(13-20)9-16(12-21-18)22-15-3-2-6-19-10-15/h2-4,6,8,10,16H,5,7,9,11-13H2,1H3/t16-,18+/m1/s1. The van der Waals surface area contributed by atoms with Gasteiger partial charge < -0.3 is 9.47 Å². The van der Waals surface area contributed by atoms with Crippen LogP contribution in [0.25, 0.3) is 0 Å². The molecule has 2 atom stereocenters. The topological polar surface area (TPSA) is 34.6 Å². The summed E-state index contributed by atoms with van der Waals surface area (Å²) in [6.07, 6.45) is 5.75.